The Morgan fingerprint density at radius 3 is 0.817 bits per heavy atom. The fourth-order valence-electron chi connectivity index (χ4n) is 11.2. The third-order valence-corrected chi connectivity index (χ3v) is 19.4. The summed E-state index contributed by atoms with van der Waals surface area (Å²) in [5.74, 6) is 0.185. The molecule has 93 heavy (non-hydrogen) atoms. The van der Waals surface area contributed by atoms with Gasteiger partial charge in [0.05, 0.1) is 26.4 Å². The minimum absolute atomic E-state index is 0.103. The molecule has 0 amide bonds. The van der Waals surface area contributed by atoms with E-state index in [1.54, 1.807) is 0 Å². The van der Waals surface area contributed by atoms with Gasteiger partial charge in [0.25, 0.3) is 0 Å². The molecule has 0 heterocycles. The Labute approximate surface area is 568 Å². The molecular formula is C74H144O17P2. The zero-order valence-corrected chi connectivity index (χ0v) is 62.5. The van der Waals surface area contributed by atoms with E-state index >= 15 is 0 Å². The summed E-state index contributed by atoms with van der Waals surface area (Å²) in [6.45, 7) is 11.8. The Morgan fingerprint density at radius 2 is 0.548 bits per heavy atom. The predicted octanol–water partition coefficient (Wildman–Crippen LogP) is 21.4. The zero-order valence-electron chi connectivity index (χ0n) is 60.7. The summed E-state index contributed by atoms with van der Waals surface area (Å²) in [6, 6.07) is 0. The molecule has 0 aromatic heterocycles. The molecule has 0 aliphatic carbocycles. The number of phosphoric acid groups is 2. The molecule has 0 saturated carbocycles. The van der Waals surface area contributed by atoms with Crippen LogP contribution in [0.3, 0.4) is 0 Å². The van der Waals surface area contributed by atoms with Crippen LogP contribution in [0.15, 0.2) is 0 Å². The van der Waals surface area contributed by atoms with Crippen molar-refractivity contribution in [1.29, 1.82) is 0 Å². The maximum absolute atomic E-state index is 13.1. The molecule has 0 saturated heterocycles. The second-order valence-electron chi connectivity index (χ2n) is 27.9. The van der Waals surface area contributed by atoms with Gasteiger partial charge in [0.2, 0.25) is 0 Å². The van der Waals surface area contributed by atoms with Crippen LogP contribution in [0.5, 0.6) is 0 Å². The number of phosphoric ester groups is 2. The van der Waals surface area contributed by atoms with Gasteiger partial charge in [-0.15, -0.1) is 0 Å². The van der Waals surface area contributed by atoms with Gasteiger partial charge in [0.1, 0.15) is 19.3 Å². The highest BCUT2D eigenvalue weighted by molar-refractivity contribution is 7.47. The van der Waals surface area contributed by atoms with E-state index in [2.05, 4.69) is 48.5 Å². The normalized spacial score (nSPS) is 14.4. The van der Waals surface area contributed by atoms with Crippen molar-refractivity contribution in [3.63, 3.8) is 0 Å². The highest BCUT2D eigenvalue weighted by Gasteiger charge is 2.30. The molecule has 0 aromatic carbocycles. The maximum atomic E-state index is 13.1. The van der Waals surface area contributed by atoms with E-state index in [1.807, 2.05) is 0 Å². The smallest absolute Gasteiger partial charge is 0.462 e. The van der Waals surface area contributed by atoms with Crippen molar-refractivity contribution >= 4 is 39.5 Å². The van der Waals surface area contributed by atoms with Crippen LogP contribution in [0.1, 0.15) is 376 Å². The highest BCUT2D eigenvalue weighted by Crippen LogP contribution is 2.45. The molecule has 6 atom stereocenters. The Morgan fingerprint density at radius 1 is 0.312 bits per heavy atom. The molecule has 19 heteroatoms. The molecule has 552 valence electrons. The van der Waals surface area contributed by atoms with Crippen LogP contribution in [0, 0.1) is 17.8 Å². The summed E-state index contributed by atoms with van der Waals surface area (Å²) in [6.07, 6.45) is 50.2. The van der Waals surface area contributed by atoms with E-state index in [0.29, 0.717) is 25.7 Å². The van der Waals surface area contributed by atoms with Crippen LogP contribution in [0.2, 0.25) is 0 Å². The standard InChI is InChI=1S/C74H144O17P2/c1-8-10-11-12-13-33-41-48-55-71(76)84-62-70(91-74(79)58-51-44-37-36-40-47-54-67(7)9-2)64-89-93(82,83)87-60-68(75)59-86-92(80,81)88-63-69(61-85-72(77)56-49-42-34-29-26-22-24-28-32-39-46-53-66(5)6)90-73(78)57-50-43-35-30-25-21-19-17-15-14-16-18-20-23-27-31-38-45-52-65(3)4/h65-70,75H,8-64H2,1-7H3,(H,80,81)(H,82,83)/t67?,68-,69-,70-/m1/s1. The first-order valence-corrected chi connectivity index (χ1v) is 41.4. The van der Waals surface area contributed by atoms with Gasteiger partial charge in [-0.1, -0.05) is 325 Å². The van der Waals surface area contributed by atoms with E-state index in [0.717, 1.165) is 114 Å². The van der Waals surface area contributed by atoms with Gasteiger partial charge in [-0.25, -0.2) is 9.13 Å². The molecule has 0 radical (unpaired) electrons. The third kappa shape index (κ3) is 67.0. The maximum Gasteiger partial charge on any atom is 0.472 e. The lowest BCUT2D eigenvalue weighted by atomic mass is 10.00. The number of carbonyl (C=O) groups is 4. The average molecular weight is 1370 g/mol. The van der Waals surface area contributed by atoms with Crippen molar-refractivity contribution in [2.75, 3.05) is 39.6 Å². The highest BCUT2D eigenvalue weighted by atomic mass is 31.2. The van der Waals surface area contributed by atoms with Crippen molar-refractivity contribution in [2.45, 2.75) is 394 Å². The predicted molar refractivity (Wildman–Crippen MR) is 377 cm³/mol. The fraction of sp³-hybridized carbons (Fsp3) is 0.946. The molecule has 0 aromatic rings. The number of hydrogen-bond acceptors (Lipinski definition) is 15. The van der Waals surface area contributed by atoms with Gasteiger partial charge in [0, 0.05) is 25.7 Å². The molecule has 0 bridgehead atoms. The Kier molecular flexibility index (Phi) is 63.4. The molecule has 0 rings (SSSR count). The lowest BCUT2D eigenvalue weighted by Gasteiger charge is -2.21. The van der Waals surface area contributed by atoms with Crippen LogP contribution in [-0.2, 0) is 65.4 Å². The number of carbonyl (C=O) groups excluding carboxylic acids is 4. The molecule has 3 unspecified atom stereocenters. The van der Waals surface area contributed by atoms with Crippen molar-refractivity contribution < 1.29 is 80.2 Å². The summed E-state index contributed by atoms with van der Waals surface area (Å²) in [4.78, 5) is 72.6. The van der Waals surface area contributed by atoms with E-state index in [1.165, 1.54) is 180 Å². The molecule has 17 nitrogen and oxygen atoms in total. The Hall–Kier alpha value is -1.94. The molecular weight excluding hydrogens is 1220 g/mol. The fourth-order valence-corrected chi connectivity index (χ4v) is 12.8. The second kappa shape index (κ2) is 64.7. The Balaban J connectivity index is 5.18. The second-order valence-corrected chi connectivity index (χ2v) is 30.8. The number of unbranched alkanes of at least 4 members (excludes halogenated alkanes) is 39. The van der Waals surface area contributed by atoms with Crippen molar-refractivity contribution in [1.82, 2.24) is 0 Å². The van der Waals surface area contributed by atoms with Gasteiger partial charge in [-0.2, -0.15) is 0 Å². The van der Waals surface area contributed by atoms with Crippen LogP contribution < -0.4 is 0 Å². The van der Waals surface area contributed by atoms with E-state index in [9.17, 15) is 43.2 Å². The topological polar surface area (TPSA) is 237 Å². The van der Waals surface area contributed by atoms with Crippen LogP contribution in [0.4, 0.5) is 0 Å². The number of hydrogen-bond donors (Lipinski definition) is 3. The third-order valence-electron chi connectivity index (χ3n) is 17.5. The number of esters is 4. The molecule has 0 aliphatic heterocycles. The number of aliphatic hydroxyl groups excluding tert-OH is 1. The van der Waals surface area contributed by atoms with Gasteiger partial charge in [-0.3, -0.25) is 37.3 Å². The molecule has 3 N–H and O–H groups in total. The first kappa shape index (κ1) is 91.1. The summed E-state index contributed by atoms with van der Waals surface area (Å²) in [5, 5.41) is 10.6. The largest absolute Gasteiger partial charge is 0.472 e. The summed E-state index contributed by atoms with van der Waals surface area (Å²) in [5.41, 5.74) is 0. The van der Waals surface area contributed by atoms with E-state index in [4.69, 9.17) is 37.0 Å². The average Bonchev–Trinajstić information content (AvgIpc) is 3.02. The number of ether oxygens (including phenoxy) is 4. The summed E-state index contributed by atoms with van der Waals surface area (Å²) in [7, 11) is -9.90. The molecule has 0 spiro atoms. The zero-order chi connectivity index (χ0) is 68.7. The lowest BCUT2D eigenvalue weighted by Crippen LogP contribution is -2.30. The Bertz CT molecular complexity index is 1820. The molecule has 0 fully saturated rings. The number of aliphatic hydroxyl groups is 1. The first-order chi connectivity index (χ1) is 44.8. The van der Waals surface area contributed by atoms with E-state index in [-0.39, 0.29) is 25.7 Å². The van der Waals surface area contributed by atoms with Crippen LogP contribution in [0.25, 0.3) is 0 Å². The van der Waals surface area contributed by atoms with Gasteiger partial charge >= 0.3 is 39.5 Å². The summed E-state index contributed by atoms with van der Waals surface area (Å²) >= 11 is 0. The van der Waals surface area contributed by atoms with Crippen molar-refractivity contribution in [3.05, 3.63) is 0 Å². The quantitative estimate of drug-likeness (QED) is 0.0222. The van der Waals surface area contributed by atoms with Gasteiger partial charge in [-0.05, 0) is 43.4 Å². The van der Waals surface area contributed by atoms with Gasteiger partial charge < -0.3 is 33.8 Å². The SMILES string of the molecule is CCCCCCCCCCC(=O)OC[C@H](COP(=O)(O)OC[C@H](O)COP(=O)(O)OC[C@@H](COC(=O)CCCCCCCCCCCCCC(C)C)OC(=O)CCCCCCCCCCCCCCCCCCCCC(C)C)OC(=O)CCCCCCCCC(C)CC. The first-order valence-electron chi connectivity index (χ1n) is 38.4. The van der Waals surface area contributed by atoms with Crippen LogP contribution >= 0.6 is 15.6 Å². The van der Waals surface area contributed by atoms with Crippen LogP contribution in [-0.4, -0.2) is 96.7 Å². The minimum atomic E-state index is -4.96. The monoisotopic (exact) mass is 1370 g/mol. The van der Waals surface area contributed by atoms with E-state index < -0.39 is 97.5 Å². The van der Waals surface area contributed by atoms with Gasteiger partial charge in [0.15, 0.2) is 12.2 Å². The molecule has 0 aliphatic rings. The number of rotatable bonds is 72. The van der Waals surface area contributed by atoms with Crippen molar-refractivity contribution in [2.24, 2.45) is 17.8 Å². The summed E-state index contributed by atoms with van der Waals surface area (Å²) < 4.78 is 68.3. The van der Waals surface area contributed by atoms with Crippen molar-refractivity contribution in [3.8, 4) is 0 Å². The lowest BCUT2D eigenvalue weighted by molar-refractivity contribution is -0.161. The minimum Gasteiger partial charge on any atom is -0.462 e.